The fourth-order valence-electron chi connectivity index (χ4n) is 2.28. The standard InChI is InChI=1S/C17H18N2O4/c1-2-21-17-13(6-5-9-18-17)16(20)19-10-12-11-22-14-7-3-4-8-15(14)23-12/h3-9,12H,2,10-11H2,1H3,(H,19,20)/t12-/m0/s1. The number of benzene rings is 1. The van der Waals surface area contributed by atoms with E-state index in [1.807, 2.05) is 31.2 Å². The number of nitrogens with one attached hydrogen (secondary N) is 1. The van der Waals surface area contributed by atoms with E-state index < -0.39 is 0 Å². The number of fused-ring (bicyclic) bond motifs is 1. The highest BCUT2D eigenvalue weighted by molar-refractivity contribution is 5.96. The lowest BCUT2D eigenvalue weighted by Gasteiger charge is -2.26. The minimum atomic E-state index is -0.246. The van der Waals surface area contributed by atoms with Gasteiger partial charge in [-0.05, 0) is 31.2 Å². The summed E-state index contributed by atoms with van der Waals surface area (Å²) in [7, 11) is 0. The van der Waals surface area contributed by atoms with Crippen molar-refractivity contribution in [3.8, 4) is 17.4 Å². The van der Waals surface area contributed by atoms with Crippen LogP contribution in [0.25, 0.3) is 0 Å². The van der Waals surface area contributed by atoms with Crippen LogP contribution >= 0.6 is 0 Å². The highest BCUT2D eigenvalue weighted by atomic mass is 16.6. The van der Waals surface area contributed by atoms with Gasteiger partial charge in [0.15, 0.2) is 11.5 Å². The second-order valence-corrected chi connectivity index (χ2v) is 5.00. The molecule has 0 bridgehead atoms. The zero-order chi connectivity index (χ0) is 16.1. The quantitative estimate of drug-likeness (QED) is 0.914. The van der Waals surface area contributed by atoms with E-state index in [-0.39, 0.29) is 12.0 Å². The summed E-state index contributed by atoms with van der Waals surface area (Å²) in [4.78, 5) is 16.4. The number of ether oxygens (including phenoxy) is 3. The van der Waals surface area contributed by atoms with Crippen LogP contribution in [0.15, 0.2) is 42.6 Å². The van der Waals surface area contributed by atoms with Crippen LogP contribution in [0.5, 0.6) is 17.4 Å². The second kappa shape index (κ2) is 7.00. The Morgan fingerprint density at radius 2 is 2.13 bits per heavy atom. The van der Waals surface area contributed by atoms with E-state index in [1.165, 1.54) is 0 Å². The molecule has 23 heavy (non-hydrogen) atoms. The van der Waals surface area contributed by atoms with E-state index in [1.54, 1.807) is 18.3 Å². The molecule has 0 radical (unpaired) electrons. The van der Waals surface area contributed by atoms with Gasteiger partial charge in [0.25, 0.3) is 5.91 Å². The van der Waals surface area contributed by atoms with Crippen molar-refractivity contribution in [2.75, 3.05) is 19.8 Å². The van der Waals surface area contributed by atoms with Crippen LogP contribution in [0.2, 0.25) is 0 Å². The van der Waals surface area contributed by atoms with Crippen molar-refractivity contribution in [1.82, 2.24) is 10.3 Å². The van der Waals surface area contributed by atoms with Gasteiger partial charge in [0.05, 0.1) is 13.2 Å². The summed E-state index contributed by atoms with van der Waals surface area (Å²) in [5, 5.41) is 2.83. The molecule has 1 aliphatic rings. The lowest BCUT2D eigenvalue weighted by Crippen LogP contribution is -2.40. The zero-order valence-electron chi connectivity index (χ0n) is 12.8. The van der Waals surface area contributed by atoms with Gasteiger partial charge in [0, 0.05) is 6.20 Å². The summed E-state index contributed by atoms with van der Waals surface area (Å²) in [5.74, 6) is 1.50. The van der Waals surface area contributed by atoms with Crippen molar-refractivity contribution in [3.63, 3.8) is 0 Å². The van der Waals surface area contributed by atoms with Gasteiger partial charge >= 0.3 is 0 Å². The Kier molecular flexibility index (Phi) is 4.61. The highest BCUT2D eigenvalue weighted by Crippen LogP contribution is 2.30. The Morgan fingerprint density at radius 3 is 2.96 bits per heavy atom. The zero-order valence-corrected chi connectivity index (χ0v) is 12.8. The van der Waals surface area contributed by atoms with Crippen molar-refractivity contribution in [1.29, 1.82) is 0 Å². The minimum absolute atomic E-state index is 0.235. The Morgan fingerprint density at radius 1 is 1.30 bits per heavy atom. The van der Waals surface area contributed by atoms with Gasteiger partial charge < -0.3 is 19.5 Å². The number of nitrogens with zero attached hydrogens (tertiary/aromatic N) is 1. The topological polar surface area (TPSA) is 69.7 Å². The van der Waals surface area contributed by atoms with Crippen LogP contribution in [-0.2, 0) is 0 Å². The normalized spacial score (nSPS) is 15.8. The molecule has 1 aromatic carbocycles. The van der Waals surface area contributed by atoms with Gasteiger partial charge in [0.2, 0.25) is 5.88 Å². The fraction of sp³-hybridized carbons (Fsp3) is 0.294. The number of carbonyl (C=O) groups is 1. The third-order valence-electron chi connectivity index (χ3n) is 3.35. The first-order chi connectivity index (χ1) is 11.3. The first-order valence-electron chi connectivity index (χ1n) is 7.52. The molecule has 0 unspecified atom stereocenters. The van der Waals surface area contributed by atoms with E-state index in [4.69, 9.17) is 14.2 Å². The number of pyridine rings is 1. The highest BCUT2D eigenvalue weighted by Gasteiger charge is 2.22. The SMILES string of the molecule is CCOc1ncccc1C(=O)NC[C@H]1COc2ccccc2O1. The molecular weight excluding hydrogens is 296 g/mol. The number of hydrogen-bond donors (Lipinski definition) is 1. The predicted molar refractivity (Wildman–Crippen MR) is 84.1 cm³/mol. The van der Waals surface area contributed by atoms with Gasteiger partial charge in [-0.1, -0.05) is 12.1 Å². The van der Waals surface area contributed by atoms with Gasteiger partial charge in [-0.2, -0.15) is 0 Å². The number of aromatic nitrogens is 1. The molecular formula is C17H18N2O4. The van der Waals surface area contributed by atoms with Crippen molar-refractivity contribution in [2.24, 2.45) is 0 Å². The summed E-state index contributed by atoms with van der Waals surface area (Å²) < 4.78 is 16.8. The maximum atomic E-state index is 12.3. The van der Waals surface area contributed by atoms with Crippen LogP contribution in [0, 0.1) is 0 Å². The molecule has 0 saturated heterocycles. The van der Waals surface area contributed by atoms with Crippen LogP contribution in [-0.4, -0.2) is 36.8 Å². The number of hydrogen-bond acceptors (Lipinski definition) is 5. The molecule has 1 aliphatic heterocycles. The van der Waals surface area contributed by atoms with Crippen molar-refractivity contribution in [3.05, 3.63) is 48.2 Å². The molecule has 1 N–H and O–H groups in total. The summed E-state index contributed by atoms with van der Waals surface area (Å²) in [6, 6.07) is 10.9. The number of amides is 1. The summed E-state index contributed by atoms with van der Waals surface area (Å²) in [5.41, 5.74) is 0.409. The van der Waals surface area contributed by atoms with Gasteiger partial charge in [-0.25, -0.2) is 4.98 Å². The molecule has 0 spiro atoms. The van der Waals surface area contributed by atoms with Crippen molar-refractivity contribution >= 4 is 5.91 Å². The third-order valence-corrected chi connectivity index (χ3v) is 3.35. The Hall–Kier alpha value is -2.76. The van der Waals surface area contributed by atoms with Gasteiger partial charge in [0.1, 0.15) is 18.3 Å². The summed E-state index contributed by atoms with van der Waals surface area (Å²) in [6.07, 6.45) is 1.36. The molecule has 0 saturated carbocycles. The lowest BCUT2D eigenvalue weighted by molar-refractivity contribution is 0.0786. The lowest BCUT2D eigenvalue weighted by atomic mass is 10.2. The average Bonchev–Trinajstić information content (AvgIpc) is 2.60. The smallest absolute Gasteiger partial charge is 0.256 e. The number of rotatable bonds is 5. The van der Waals surface area contributed by atoms with Crippen LogP contribution < -0.4 is 19.5 Å². The molecule has 0 aliphatic carbocycles. The molecule has 6 nitrogen and oxygen atoms in total. The summed E-state index contributed by atoms with van der Waals surface area (Å²) in [6.45, 7) is 3.03. The predicted octanol–water partition coefficient (Wildman–Crippen LogP) is 2.05. The summed E-state index contributed by atoms with van der Waals surface area (Å²) >= 11 is 0. The maximum Gasteiger partial charge on any atom is 0.256 e. The minimum Gasteiger partial charge on any atom is -0.486 e. The Labute approximate surface area is 134 Å². The molecule has 2 heterocycles. The number of carbonyl (C=O) groups excluding carboxylic acids is 1. The molecule has 1 amide bonds. The van der Waals surface area contributed by atoms with Crippen molar-refractivity contribution < 1.29 is 19.0 Å². The second-order valence-electron chi connectivity index (χ2n) is 5.00. The molecule has 120 valence electrons. The van der Waals surface area contributed by atoms with Gasteiger partial charge in [-0.3, -0.25) is 4.79 Å². The van der Waals surface area contributed by atoms with Crippen molar-refractivity contribution in [2.45, 2.75) is 13.0 Å². The molecule has 1 atom stereocenters. The first kappa shape index (κ1) is 15.1. The molecule has 0 fully saturated rings. The van der Waals surface area contributed by atoms with E-state index in [9.17, 15) is 4.79 Å². The monoisotopic (exact) mass is 314 g/mol. The van der Waals surface area contributed by atoms with Crippen LogP contribution in [0.1, 0.15) is 17.3 Å². The maximum absolute atomic E-state index is 12.3. The largest absolute Gasteiger partial charge is 0.486 e. The Balaban J connectivity index is 1.60. The fourth-order valence-corrected chi connectivity index (χ4v) is 2.28. The van der Waals surface area contributed by atoms with Crippen LogP contribution in [0.3, 0.4) is 0 Å². The molecule has 1 aromatic heterocycles. The van der Waals surface area contributed by atoms with E-state index >= 15 is 0 Å². The van der Waals surface area contributed by atoms with E-state index in [0.29, 0.717) is 37.0 Å². The Bertz CT molecular complexity index is 690. The number of para-hydroxylation sites is 2. The van der Waals surface area contributed by atoms with E-state index in [2.05, 4.69) is 10.3 Å². The third kappa shape index (κ3) is 3.53. The first-order valence-corrected chi connectivity index (χ1v) is 7.52. The average molecular weight is 314 g/mol. The molecule has 2 aromatic rings. The molecule has 6 heteroatoms. The molecule has 3 rings (SSSR count). The van der Waals surface area contributed by atoms with E-state index in [0.717, 1.165) is 5.75 Å². The van der Waals surface area contributed by atoms with Crippen LogP contribution in [0.4, 0.5) is 0 Å². The van der Waals surface area contributed by atoms with Gasteiger partial charge in [-0.15, -0.1) is 0 Å².